The number of hydrogen-bond donors (Lipinski definition) is 2. The number of carbonyl (C=O) groups is 1. The Balaban J connectivity index is 1.59. The molecule has 4 fully saturated rings. The number of carboxylic acid groups (broad SMARTS) is 1. The van der Waals surface area contributed by atoms with Gasteiger partial charge in [-0.1, -0.05) is 0 Å². The van der Waals surface area contributed by atoms with E-state index in [0.717, 1.165) is 30.2 Å². The molecule has 0 amide bonds. The number of nitrogen functional groups attached to an aromatic ring is 1. The van der Waals surface area contributed by atoms with Crippen LogP contribution in [0.2, 0.25) is 0 Å². The average Bonchev–Trinajstić information content (AvgIpc) is 2.74. The lowest BCUT2D eigenvalue weighted by Crippen LogP contribution is -2.46. The van der Waals surface area contributed by atoms with Crippen molar-refractivity contribution >= 4 is 11.8 Å². The van der Waals surface area contributed by atoms with Crippen LogP contribution in [0.5, 0.6) is 0 Å². The molecule has 1 aromatic rings. The molecule has 0 atom stereocenters. The molecule has 5 nitrogen and oxygen atoms in total. The van der Waals surface area contributed by atoms with E-state index in [1.807, 2.05) is 0 Å². The lowest BCUT2D eigenvalue weighted by Gasteiger charge is -2.54. The fourth-order valence-electron chi connectivity index (χ4n) is 5.33. The second-order valence-corrected chi connectivity index (χ2v) is 7.03. The second-order valence-electron chi connectivity index (χ2n) is 7.03. The predicted molar refractivity (Wildman–Crippen MR) is 74.1 cm³/mol. The van der Waals surface area contributed by atoms with E-state index in [1.165, 1.54) is 32.1 Å². The van der Waals surface area contributed by atoms with Gasteiger partial charge in [0.25, 0.3) is 0 Å². The topological polar surface area (TPSA) is 81.1 Å². The minimum atomic E-state index is -0.969. The molecule has 0 aliphatic heterocycles. The van der Waals surface area contributed by atoms with Crippen molar-refractivity contribution in [3.05, 3.63) is 12.0 Å². The Morgan fingerprint density at radius 2 is 1.85 bits per heavy atom. The summed E-state index contributed by atoms with van der Waals surface area (Å²) in [5, 5.41) is 9.28. The van der Waals surface area contributed by atoms with Gasteiger partial charge in [-0.2, -0.15) is 0 Å². The number of aromatic carboxylic acids is 1. The van der Waals surface area contributed by atoms with Gasteiger partial charge >= 0.3 is 5.97 Å². The molecular weight excluding hydrogens is 254 g/mol. The van der Waals surface area contributed by atoms with E-state index in [2.05, 4.69) is 4.98 Å². The fraction of sp³-hybridized carbons (Fsp3) is 0.733. The molecule has 1 heterocycles. The van der Waals surface area contributed by atoms with E-state index in [0.29, 0.717) is 5.92 Å². The van der Waals surface area contributed by atoms with Crippen LogP contribution in [0.1, 0.15) is 42.6 Å². The van der Waals surface area contributed by atoms with Crippen LogP contribution in [0.25, 0.3) is 0 Å². The molecule has 0 saturated heterocycles. The van der Waals surface area contributed by atoms with Gasteiger partial charge in [-0.3, -0.25) is 0 Å². The molecule has 5 rings (SSSR count). The standard InChI is InChI=1S/C15H21N3O2/c16-14-13(15(19)20)18(7-17-14)6-12-10-2-8-1-9(4-10)5-11(12)3-8/h7-12H,1-6,16H2,(H,19,20). The van der Waals surface area contributed by atoms with Gasteiger partial charge < -0.3 is 15.4 Å². The molecule has 0 spiro atoms. The first kappa shape index (κ1) is 12.2. The maximum atomic E-state index is 11.3. The van der Waals surface area contributed by atoms with Crippen molar-refractivity contribution in [3.8, 4) is 0 Å². The van der Waals surface area contributed by atoms with Gasteiger partial charge in [0.15, 0.2) is 11.5 Å². The highest BCUT2D eigenvalue weighted by Gasteiger charge is 2.48. The molecule has 4 bridgehead atoms. The zero-order valence-corrected chi connectivity index (χ0v) is 11.5. The highest BCUT2D eigenvalue weighted by Crippen LogP contribution is 2.56. The van der Waals surface area contributed by atoms with Crippen LogP contribution < -0.4 is 5.73 Å². The van der Waals surface area contributed by atoms with Crippen molar-refractivity contribution in [2.24, 2.45) is 29.6 Å². The van der Waals surface area contributed by atoms with Crippen LogP contribution >= 0.6 is 0 Å². The largest absolute Gasteiger partial charge is 0.476 e. The highest BCUT2D eigenvalue weighted by molar-refractivity contribution is 5.90. The summed E-state index contributed by atoms with van der Waals surface area (Å²) >= 11 is 0. The maximum absolute atomic E-state index is 11.3. The molecule has 20 heavy (non-hydrogen) atoms. The first-order valence-corrected chi connectivity index (χ1v) is 7.65. The molecule has 1 aromatic heterocycles. The van der Waals surface area contributed by atoms with Gasteiger partial charge in [0.1, 0.15) is 0 Å². The summed E-state index contributed by atoms with van der Waals surface area (Å²) in [5.41, 5.74) is 5.85. The second kappa shape index (κ2) is 4.24. The Bertz CT molecular complexity index is 523. The van der Waals surface area contributed by atoms with Gasteiger partial charge in [0.2, 0.25) is 0 Å². The normalized spacial score (nSPS) is 38.3. The highest BCUT2D eigenvalue weighted by atomic mass is 16.4. The molecule has 5 heteroatoms. The summed E-state index contributed by atoms with van der Waals surface area (Å²) in [6.45, 7) is 0.778. The minimum Gasteiger partial charge on any atom is -0.476 e. The van der Waals surface area contributed by atoms with E-state index in [9.17, 15) is 9.90 Å². The van der Waals surface area contributed by atoms with Crippen molar-refractivity contribution in [3.63, 3.8) is 0 Å². The number of imidazole rings is 1. The number of nitrogens with two attached hydrogens (primary N) is 1. The summed E-state index contributed by atoms with van der Waals surface area (Å²) in [6.07, 6.45) is 8.45. The van der Waals surface area contributed by atoms with Crippen LogP contribution in [0.15, 0.2) is 6.33 Å². The zero-order chi connectivity index (χ0) is 13.9. The number of nitrogens with zero attached hydrogens (tertiary/aromatic N) is 2. The van der Waals surface area contributed by atoms with Crippen LogP contribution in [-0.4, -0.2) is 20.6 Å². The van der Waals surface area contributed by atoms with Crippen molar-refractivity contribution < 1.29 is 9.90 Å². The van der Waals surface area contributed by atoms with E-state index in [4.69, 9.17) is 5.73 Å². The monoisotopic (exact) mass is 275 g/mol. The molecule has 4 aliphatic rings. The van der Waals surface area contributed by atoms with Gasteiger partial charge in [0.05, 0.1) is 6.33 Å². The molecular formula is C15H21N3O2. The van der Waals surface area contributed by atoms with Crippen LogP contribution in [-0.2, 0) is 6.54 Å². The molecule has 3 N–H and O–H groups in total. The lowest BCUT2D eigenvalue weighted by atomic mass is 9.52. The Labute approximate surface area is 118 Å². The van der Waals surface area contributed by atoms with Gasteiger partial charge in [-0.15, -0.1) is 0 Å². The van der Waals surface area contributed by atoms with Crippen molar-refractivity contribution in [2.75, 3.05) is 5.73 Å². The maximum Gasteiger partial charge on any atom is 0.356 e. The number of hydrogen-bond acceptors (Lipinski definition) is 3. The third-order valence-electron chi connectivity index (χ3n) is 5.90. The molecule has 0 aromatic carbocycles. The summed E-state index contributed by atoms with van der Waals surface area (Å²) in [6, 6.07) is 0. The Morgan fingerprint density at radius 1 is 1.25 bits per heavy atom. The summed E-state index contributed by atoms with van der Waals surface area (Å²) in [5.74, 6) is 3.26. The lowest BCUT2D eigenvalue weighted by molar-refractivity contribution is -0.0432. The number of carboxylic acids is 1. The fourth-order valence-corrected chi connectivity index (χ4v) is 5.33. The predicted octanol–water partition coefficient (Wildman–Crippen LogP) is 2.24. The molecule has 4 saturated carbocycles. The molecule has 0 unspecified atom stereocenters. The van der Waals surface area contributed by atoms with Gasteiger partial charge in [0, 0.05) is 6.54 Å². The van der Waals surface area contributed by atoms with Crippen LogP contribution in [0.4, 0.5) is 5.82 Å². The average molecular weight is 275 g/mol. The van der Waals surface area contributed by atoms with Gasteiger partial charge in [-0.25, -0.2) is 9.78 Å². The van der Waals surface area contributed by atoms with Crippen LogP contribution in [0, 0.1) is 29.6 Å². The molecule has 4 aliphatic carbocycles. The van der Waals surface area contributed by atoms with Gasteiger partial charge in [-0.05, 0) is 61.7 Å². The third kappa shape index (κ3) is 1.75. The first-order chi connectivity index (χ1) is 9.61. The minimum absolute atomic E-state index is 0.140. The summed E-state index contributed by atoms with van der Waals surface area (Å²) in [7, 11) is 0. The van der Waals surface area contributed by atoms with Crippen molar-refractivity contribution in [1.82, 2.24) is 9.55 Å². The van der Waals surface area contributed by atoms with Crippen molar-refractivity contribution in [2.45, 2.75) is 38.6 Å². The van der Waals surface area contributed by atoms with E-state index in [-0.39, 0.29) is 11.5 Å². The first-order valence-electron chi connectivity index (χ1n) is 7.65. The number of aromatic nitrogens is 2. The summed E-state index contributed by atoms with van der Waals surface area (Å²) in [4.78, 5) is 15.3. The van der Waals surface area contributed by atoms with E-state index < -0.39 is 5.97 Å². The SMILES string of the molecule is Nc1ncn(CC2C3CC4CC(C3)CC2C4)c1C(=O)O. The third-order valence-corrected chi connectivity index (χ3v) is 5.90. The summed E-state index contributed by atoms with van der Waals surface area (Å²) < 4.78 is 1.77. The van der Waals surface area contributed by atoms with E-state index >= 15 is 0 Å². The Kier molecular flexibility index (Phi) is 2.59. The smallest absolute Gasteiger partial charge is 0.356 e. The zero-order valence-electron chi connectivity index (χ0n) is 11.5. The Morgan fingerprint density at radius 3 is 2.40 bits per heavy atom. The van der Waals surface area contributed by atoms with Crippen LogP contribution in [0.3, 0.4) is 0 Å². The number of rotatable bonds is 3. The van der Waals surface area contributed by atoms with Crippen molar-refractivity contribution in [1.29, 1.82) is 0 Å². The number of anilines is 1. The molecule has 108 valence electrons. The Hall–Kier alpha value is -1.52. The quantitative estimate of drug-likeness (QED) is 0.886. The van der Waals surface area contributed by atoms with E-state index in [1.54, 1.807) is 10.9 Å². The molecule has 0 radical (unpaired) electrons.